The third kappa shape index (κ3) is 5.92. The van der Waals surface area contributed by atoms with Crippen molar-refractivity contribution >= 4 is 11.6 Å². The van der Waals surface area contributed by atoms with Crippen LogP contribution in [0.2, 0.25) is 0 Å². The van der Waals surface area contributed by atoms with E-state index in [0.29, 0.717) is 6.07 Å². The van der Waals surface area contributed by atoms with Gasteiger partial charge in [-0.1, -0.05) is 6.07 Å². The summed E-state index contributed by atoms with van der Waals surface area (Å²) >= 11 is 0. The second-order valence-electron chi connectivity index (χ2n) is 7.47. The molecule has 4 rings (SSSR count). The largest absolute Gasteiger partial charge is 0.433 e. The first-order chi connectivity index (χ1) is 17.3. The molecule has 4 heterocycles. The van der Waals surface area contributed by atoms with Crippen molar-refractivity contribution in [2.75, 3.05) is 5.32 Å². The third-order valence-corrected chi connectivity index (χ3v) is 4.81. The molecule has 0 radical (unpaired) electrons. The second-order valence-corrected chi connectivity index (χ2v) is 7.47. The number of aromatic nitrogens is 6. The second kappa shape index (κ2) is 9.63. The van der Waals surface area contributed by atoms with Crippen LogP contribution >= 0.6 is 0 Å². The van der Waals surface area contributed by atoms with Crippen molar-refractivity contribution in [3.63, 3.8) is 0 Å². The summed E-state index contributed by atoms with van der Waals surface area (Å²) in [5, 5.41) is 2.52. The Kier molecular flexibility index (Phi) is 6.71. The Morgan fingerprint density at radius 1 is 0.784 bits per heavy atom. The molecule has 0 saturated heterocycles. The van der Waals surface area contributed by atoms with Gasteiger partial charge in [0.1, 0.15) is 17.1 Å². The highest BCUT2D eigenvalue weighted by Gasteiger charge is 2.33. The quantitative estimate of drug-likeness (QED) is 0.300. The van der Waals surface area contributed by atoms with Crippen LogP contribution in [-0.2, 0) is 12.4 Å². The maximum atomic E-state index is 13.3. The number of anilines is 2. The van der Waals surface area contributed by atoms with E-state index in [2.05, 4.69) is 35.2 Å². The number of nitrogens with zero attached hydrogens (tertiary/aromatic N) is 6. The molecule has 0 aromatic carbocycles. The number of alkyl halides is 8. The van der Waals surface area contributed by atoms with E-state index in [9.17, 15) is 35.1 Å². The molecule has 0 amide bonds. The molecule has 7 nitrogen and oxygen atoms in total. The Hall–Kier alpha value is -4.30. The van der Waals surface area contributed by atoms with Crippen LogP contribution in [0.1, 0.15) is 29.1 Å². The average molecular weight is 527 g/mol. The van der Waals surface area contributed by atoms with Gasteiger partial charge < -0.3 is 5.32 Å². The normalized spacial score (nSPS) is 12.2. The molecule has 192 valence electrons. The highest BCUT2D eigenvalue weighted by atomic mass is 19.4. The number of aryl methyl sites for hydroxylation is 1. The highest BCUT2D eigenvalue weighted by Crippen LogP contribution is 2.32. The molecule has 0 bridgehead atoms. The van der Waals surface area contributed by atoms with Crippen LogP contribution in [0.3, 0.4) is 0 Å². The predicted molar refractivity (Wildman–Crippen MR) is 114 cm³/mol. The molecular formula is C22H13F8N7. The van der Waals surface area contributed by atoms with Gasteiger partial charge in [0.2, 0.25) is 5.95 Å². The zero-order valence-corrected chi connectivity index (χ0v) is 18.4. The van der Waals surface area contributed by atoms with E-state index in [1.807, 2.05) is 0 Å². The fourth-order valence-corrected chi connectivity index (χ4v) is 3.07. The van der Waals surface area contributed by atoms with E-state index in [1.54, 1.807) is 0 Å². The molecule has 1 N–H and O–H groups in total. The van der Waals surface area contributed by atoms with Crippen molar-refractivity contribution in [3.05, 3.63) is 71.4 Å². The minimum atomic E-state index is -4.79. The molecule has 0 unspecified atom stereocenters. The van der Waals surface area contributed by atoms with Crippen molar-refractivity contribution in [1.82, 2.24) is 29.9 Å². The van der Waals surface area contributed by atoms with Gasteiger partial charge in [0.25, 0.3) is 6.43 Å². The molecule has 0 saturated carbocycles. The zero-order valence-electron chi connectivity index (χ0n) is 18.4. The fourth-order valence-electron chi connectivity index (χ4n) is 3.07. The molecular weight excluding hydrogens is 514 g/mol. The maximum Gasteiger partial charge on any atom is 0.433 e. The zero-order chi connectivity index (χ0) is 27.0. The lowest BCUT2D eigenvalue weighted by Gasteiger charge is -2.13. The van der Waals surface area contributed by atoms with E-state index < -0.39 is 41.6 Å². The molecule has 0 fully saturated rings. The Balaban J connectivity index is 1.87. The SMILES string of the molecule is Cc1ncc(C(F)F)cc1-c1nc(Nc2ccnc(C(F)(F)F)c2)nc(-c2cccc(C(F)(F)F)n2)n1. The highest BCUT2D eigenvalue weighted by molar-refractivity contribution is 5.65. The predicted octanol–water partition coefficient (Wildman–Crippen LogP) is 6.42. The Morgan fingerprint density at radius 3 is 2.16 bits per heavy atom. The monoisotopic (exact) mass is 527 g/mol. The van der Waals surface area contributed by atoms with Gasteiger partial charge in [-0.2, -0.15) is 36.3 Å². The van der Waals surface area contributed by atoms with Crippen molar-refractivity contribution in [1.29, 1.82) is 0 Å². The summed E-state index contributed by atoms with van der Waals surface area (Å²) in [6.07, 6.45) is -10.6. The van der Waals surface area contributed by atoms with Crippen molar-refractivity contribution in [2.45, 2.75) is 25.7 Å². The van der Waals surface area contributed by atoms with Crippen LogP contribution in [0.4, 0.5) is 46.8 Å². The molecule has 4 aromatic heterocycles. The van der Waals surface area contributed by atoms with Gasteiger partial charge in [0.05, 0.1) is 0 Å². The summed E-state index contributed by atoms with van der Waals surface area (Å²) in [5.41, 5.74) is -3.24. The van der Waals surface area contributed by atoms with Gasteiger partial charge in [-0.3, -0.25) is 9.97 Å². The van der Waals surface area contributed by atoms with Crippen LogP contribution in [0.25, 0.3) is 22.9 Å². The molecule has 0 spiro atoms. The summed E-state index contributed by atoms with van der Waals surface area (Å²) in [4.78, 5) is 22.8. The van der Waals surface area contributed by atoms with E-state index in [4.69, 9.17) is 0 Å². The number of halogens is 8. The molecule has 4 aromatic rings. The first kappa shape index (κ1) is 25.8. The van der Waals surface area contributed by atoms with E-state index >= 15 is 0 Å². The molecule has 0 aliphatic heterocycles. The van der Waals surface area contributed by atoms with Crippen LogP contribution in [0.5, 0.6) is 0 Å². The molecule has 37 heavy (non-hydrogen) atoms. The summed E-state index contributed by atoms with van der Waals surface area (Å²) in [6.45, 7) is 1.46. The van der Waals surface area contributed by atoms with Crippen LogP contribution in [-0.4, -0.2) is 29.9 Å². The van der Waals surface area contributed by atoms with E-state index in [1.165, 1.54) is 19.1 Å². The van der Waals surface area contributed by atoms with Gasteiger partial charge in [0, 0.05) is 34.9 Å². The van der Waals surface area contributed by atoms with E-state index in [-0.39, 0.29) is 34.4 Å². The van der Waals surface area contributed by atoms with Gasteiger partial charge in [-0.25, -0.2) is 18.7 Å². The summed E-state index contributed by atoms with van der Waals surface area (Å²) < 4.78 is 105. The average Bonchev–Trinajstić information content (AvgIpc) is 2.83. The van der Waals surface area contributed by atoms with Crippen molar-refractivity contribution in [2.24, 2.45) is 0 Å². The fraction of sp³-hybridized carbons (Fsp3) is 0.182. The first-order valence-electron chi connectivity index (χ1n) is 10.2. The molecule has 0 aliphatic carbocycles. The standard InChI is InChI=1S/C22H13F8N7/c1-10-13(7-11(9-32-10)17(23)24)18-35-19(14-3-2-4-15(34-14)21(25,26)27)37-20(36-18)33-12-5-6-31-16(8-12)22(28,29)30/h2-9,17H,1H3,(H,31,33,35,36,37). The molecule has 15 heteroatoms. The number of hydrogen-bond acceptors (Lipinski definition) is 7. The van der Waals surface area contributed by atoms with Crippen LogP contribution in [0, 0.1) is 6.92 Å². The van der Waals surface area contributed by atoms with Crippen LogP contribution in [0.15, 0.2) is 48.8 Å². The number of nitrogens with one attached hydrogen (secondary N) is 1. The lowest BCUT2D eigenvalue weighted by molar-refractivity contribution is -0.141. The summed E-state index contributed by atoms with van der Waals surface area (Å²) in [5.74, 6) is -1.06. The lowest BCUT2D eigenvalue weighted by Crippen LogP contribution is -2.10. The van der Waals surface area contributed by atoms with Gasteiger partial charge in [0.15, 0.2) is 11.6 Å². The minimum Gasteiger partial charge on any atom is -0.324 e. The smallest absolute Gasteiger partial charge is 0.324 e. The Labute approximate surface area is 202 Å². The number of pyridine rings is 3. The number of rotatable bonds is 5. The molecule has 0 aliphatic rings. The van der Waals surface area contributed by atoms with E-state index in [0.717, 1.165) is 30.6 Å². The Bertz CT molecular complexity index is 1440. The van der Waals surface area contributed by atoms with Gasteiger partial charge in [-0.15, -0.1) is 0 Å². The summed E-state index contributed by atoms with van der Waals surface area (Å²) in [7, 11) is 0. The Morgan fingerprint density at radius 2 is 1.49 bits per heavy atom. The third-order valence-electron chi connectivity index (χ3n) is 4.81. The summed E-state index contributed by atoms with van der Waals surface area (Å²) in [6, 6.07) is 5.84. The minimum absolute atomic E-state index is 0.00202. The van der Waals surface area contributed by atoms with Gasteiger partial charge in [-0.05, 0) is 37.3 Å². The first-order valence-corrected chi connectivity index (χ1v) is 10.2. The molecule has 0 atom stereocenters. The van der Waals surface area contributed by atoms with Gasteiger partial charge >= 0.3 is 12.4 Å². The lowest BCUT2D eigenvalue weighted by atomic mass is 10.1. The van der Waals surface area contributed by atoms with Crippen molar-refractivity contribution in [3.8, 4) is 22.9 Å². The maximum absolute atomic E-state index is 13.3. The topological polar surface area (TPSA) is 89.4 Å². The van der Waals surface area contributed by atoms with Crippen LogP contribution < -0.4 is 5.32 Å². The van der Waals surface area contributed by atoms with Crippen molar-refractivity contribution < 1.29 is 35.1 Å². The number of hydrogen-bond donors (Lipinski definition) is 1.